The van der Waals surface area contributed by atoms with Gasteiger partial charge in [0.05, 0.1) is 0 Å². The summed E-state index contributed by atoms with van der Waals surface area (Å²) in [6, 6.07) is 14.8. The van der Waals surface area contributed by atoms with Crippen molar-refractivity contribution in [3.05, 3.63) is 69.9 Å². The second-order valence-electron chi connectivity index (χ2n) is 5.37. The largest absolute Gasteiger partial charge is 0.347 e. The van der Waals surface area contributed by atoms with Crippen LogP contribution in [0, 0.1) is 5.82 Å². The number of benzene rings is 2. The number of carbonyl (C=O) groups excluding carboxylic acids is 1. The predicted octanol–water partition coefficient (Wildman–Crippen LogP) is 2.92. The SMILES string of the molecule is CC[C@@H]([NH2+]CC(=O)NCc1ccccc1F)c1ccc(Br)cc1. The second kappa shape index (κ2) is 8.79. The summed E-state index contributed by atoms with van der Waals surface area (Å²) in [7, 11) is 0. The molecule has 0 aliphatic carbocycles. The van der Waals surface area contributed by atoms with E-state index in [0.717, 1.165) is 10.9 Å². The highest BCUT2D eigenvalue weighted by molar-refractivity contribution is 9.10. The molecule has 0 aliphatic heterocycles. The summed E-state index contributed by atoms with van der Waals surface area (Å²) < 4.78 is 14.5. The minimum absolute atomic E-state index is 0.0937. The third kappa shape index (κ3) is 5.44. The van der Waals surface area contributed by atoms with Crippen molar-refractivity contribution in [1.29, 1.82) is 0 Å². The van der Waals surface area contributed by atoms with E-state index < -0.39 is 0 Å². The highest BCUT2D eigenvalue weighted by atomic mass is 79.9. The van der Waals surface area contributed by atoms with Gasteiger partial charge in [0, 0.05) is 28.6 Å². The van der Waals surface area contributed by atoms with Gasteiger partial charge >= 0.3 is 0 Å². The molecule has 0 saturated heterocycles. The third-order valence-corrected chi connectivity index (χ3v) is 4.29. The van der Waals surface area contributed by atoms with Crippen molar-refractivity contribution >= 4 is 21.8 Å². The average molecular weight is 380 g/mol. The molecule has 1 atom stereocenters. The third-order valence-electron chi connectivity index (χ3n) is 3.76. The van der Waals surface area contributed by atoms with E-state index in [9.17, 15) is 9.18 Å². The number of quaternary nitrogens is 1. The van der Waals surface area contributed by atoms with Gasteiger partial charge < -0.3 is 10.6 Å². The fraction of sp³-hybridized carbons (Fsp3) is 0.278. The van der Waals surface area contributed by atoms with Gasteiger partial charge in [-0.2, -0.15) is 0 Å². The highest BCUT2D eigenvalue weighted by Gasteiger charge is 2.14. The molecule has 2 aromatic carbocycles. The van der Waals surface area contributed by atoms with Crippen molar-refractivity contribution < 1.29 is 14.5 Å². The normalized spacial score (nSPS) is 12.0. The first-order valence-electron chi connectivity index (χ1n) is 7.69. The van der Waals surface area contributed by atoms with Crippen LogP contribution in [0.1, 0.15) is 30.5 Å². The lowest BCUT2D eigenvalue weighted by Crippen LogP contribution is -2.87. The Morgan fingerprint density at radius 3 is 2.57 bits per heavy atom. The van der Waals surface area contributed by atoms with Crippen LogP contribution in [0.5, 0.6) is 0 Å². The van der Waals surface area contributed by atoms with E-state index in [1.807, 2.05) is 17.4 Å². The Labute approximate surface area is 144 Å². The lowest BCUT2D eigenvalue weighted by Gasteiger charge is -2.14. The maximum atomic E-state index is 13.5. The number of rotatable bonds is 7. The molecule has 23 heavy (non-hydrogen) atoms. The van der Waals surface area contributed by atoms with Crippen molar-refractivity contribution in [3.8, 4) is 0 Å². The first-order chi connectivity index (χ1) is 11.1. The van der Waals surface area contributed by atoms with Crippen LogP contribution in [-0.2, 0) is 11.3 Å². The van der Waals surface area contributed by atoms with E-state index in [1.54, 1.807) is 18.2 Å². The maximum absolute atomic E-state index is 13.5. The van der Waals surface area contributed by atoms with Crippen molar-refractivity contribution in [1.82, 2.24) is 5.32 Å². The summed E-state index contributed by atoms with van der Waals surface area (Å²) in [5, 5.41) is 4.78. The zero-order valence-electron chi connectivity index (χ0n) is 13.1. The molecule has 0 unspecified atom stereocenters. The molecule has 3 N–H and O–H groups in total. The van der Waals surface area contributed by atoms with Gasteiger partial charge in [-0.1, -0.05) is 53.2 Å². The monoisotopic (exact) mass is 379 g/mol. The molecular formula is C18H21BrFN2O+. The molecule has 0 aromatic heterocycles. The number of nitrogens with one attached hydrogen (secondary N) is 1. The number of amides is 1. The van der Waals surface area contributed by atoms with Gasteiger partial charge in [0.1, 0.15) is 11.9 Å². The van der Waals surface area contributed by atoms with E-state index in [2.05, 4.69) is 40.3 Å². The van der Waals surface area contributed by atoms with Crippen molar-refractivity contribution in [2.75, 3.05) is 6.54 Å². The summed E-state index contributed by atoms with van der Waals surface area (Å²) in [6.07, 6.45) is 0.933. The number of hydrogen-bond donors (Lipinski definition) is 2. The zero-order valence-corrected chi connectivity index (χ0v) is 14.6. The van der Waals surface area contributed by atoms with Crippen LogP contribution < -0.4 is 10.6 Å². The summed E-state index contributed by atoms with van der Waals surface area (Å²) in [6.45, 7) is 2.64. The van der Waals surface area contributed by atoms with E-state index >= 15 is 0 Å². The fourth-order valence-electron chi connectivity index (χ4n) is 2.41. The molecule has 1 amide bonds. The Morgan fingerprint density at radius 1 is 1.22 bits per heavy atom. The molecule has 5 heteroatoms. The summed E-state index contributed by atoms with van der Waals surface area (Å²) in [5.41, 5.74) is 1.69. The Bertz CT molecular complexity index is 646. The molecule has 0 radical (unpaired) electrons. The summed E-state index contributed by atoms with van der Waals surface area (Å²) >= 11 is 3.42. The van der Waals surface area contributed by atoms with Gasteiger partial charge in [-0.3, -0.25) is 4.79 Å². The standard InChI is InChI=1S/C18H20BrFN2O/c1-2-17(13-7-9-15(19)10-8-13)21-12-18(23)22-11-14-5-3-4-6-16(14)20/h3-10,17,21H,2,11-12H2,1H3,(H,22,23)/p+1/t17-/m1/s1. The Hall–Kier alpha value is -1.72. The van der Waals surface area contributed by atoms with Gasteiger partial charge in [-0.05, 0) is 18.2 Å². The topological polar surface area (TPSA) is 45.7 Å². The van der Waals surface area contributed by atoms with Gasteiger partial charge in [0.2, 0.25) is 0 Å². The smallest absolute Gasteiger partial charge is 0.275 e. The van der Waals surface area contributed by atoms with Gasteiger partial charge in [-0.15, -0.1) is 0 Å². The zero-order chi connectivity index (χ0) is 16.7. The molecule has 122 valence electrons. The summed E-state index contributed by atoms with van der Waals surface area (Å²) in [4.78, 5) is 12.0. The van der Waals surface area contributed by atoms with Crippen LogP contribution >= 0.6 is 15.9 Å². The molecule has 0 fully saturated rings. The lowest BCUT2D eigenvalue weighted by molar-refractivity contribution is -0.686. The predicted molar refractivity (Wildman–Crippen MR) is 92.2 cm³/mol. The van der Waals surface area contributed by atoms with Gasteiger partial charge in [-0.25, -0.2) is 4.39 Å². The molecule has 2 rings (SSSR count). The number of halogens is 2. The average Bonchev–Trinajstić information content (AvgIpc) is 2.56. The van der Waals surface area contributed by atoms with E-state index in [0.29, 0.717) is 12.1 Å². The second-order valence-corrected chi connectivity index (χ2v) is 6.29. The van der Waals surface area contributed by atoms with Crippen molar-refractivity contribution in [3.63, 3.8) is 0 Å². The molecule has 3 nitrogen and oxygen atoms in total. The van der Waals surface area contributed by atoms with E-state index in [-0.39, 0.29) is 24.3 Å². The molecule has 0 spiro atoms. The molecule has 2 aromatic rings. The van der Waals surface area contributed by atoms with Gasteiger partial charge in [0.25, 0.3) is 5.91 Å². The fourth-order valence-corrected chi connectivity index (χ4v) is 2.67. The minimum atomic E-state index is -0.293. The highest BCUT2D eigenvalue weighted by Crippen LogP contribution is 2.16. The van der Waals surface area contributed by atoms with Crippen LogP contribution in [-0.4, -0.2) is 12.5 Å². The molecule has 0 aliphatic rings. The first-order valence-corrected chi connectivity index (χ1v) is 8.48. The van der Waals surface area contributed by atoms with Crippen molar-refractivity contribution in [2.45, 2.75) is 25.9 Å². The Morgan fingerprint density at radius 2 is 1.91 bits per heavy atom. The van der Waals surface area contributed by atoms with Crippen LogP contribution in [0.4, 0.5) is 4.39 Å². The van der Waals surface area contributed by atoms with Crippen molar-refractivity contribution in [2.24, 2.45) is 0 Å². The maximum Gasteiger partial charge on any atom is 0.275 e. The molecule has 0 heterocycles. The first kappa shape index (κ1) is 17.6. The Balaban J connectivity index is 1.83. The number of hydrogen-bond acceptors (Lipinski definition) is 1. The summed E-state index contributed by atoms with van der Waals surface area (Å²) in [5.74, 6) is -0.387. The lowest BCUT2D eigenvalue weighted by atomic mass is 10.0. The molecule has 0 saturated carbocycles. The number of nitrogens with two attached hydrogens (primary N) is 1. The quantitative estimate of drug-likeness (QED) is 0.763. The van der Waals surface area contributed by atoms with Crippen LogP contribution in [0.3, 0.4) is 0 Å². The van der Waals surface area contributed by atoms with Crippen LogP contribution in [0.25, 0.3) is 0 Å². The van der Waals surface area contributed by atoms with Crippen LogP contribution in [0.2, 0.25) is 0 Å². The van der Waals surface area contributed by atoms with E-state index in [4.69, 9.17) is 0 Å². The Kier molecular flexibility index (Phi) is 6.74. The molecular weight excluding hydrogens is 359 g/mol. The van der Waals surface area contributed by atoms with Gasteiger partial charge in [0.15, 0.2) is 6.54 Å². The van der Waals surface area contributed by atoms with E-state index in [1.165, 1.54) is 11.6 Å². The minimum Gasteiger partial charge on any atom is -0.347 e. The molecule has 0 bridgehead atoms. The van der Waals surface area contributed by atoms with Crippen LogP contribution in [0.15, 0.2) is 53.0 Å². The number of carbonyl (C=O) groups is 1.